The molecule has 2 rings (SSSR count). The average molecular weight is 430 g/mol. The summed E-state index contributed by atoms with van der Waals surface area (Å²) in [6, 6.07) is 3.50. The van der Waals surface area contributed by atoms with Gasteiger partial charge in [-0.25, -0.2) is 0 Å². The van der Waals surface area contributed by atoms with Crippen LogP contribution in [0.1, 0.15) is 20.8 Å². The number of nitrogens with zero attached hydrogens (tertiary/aromatic N) is 2. The number of hydrogen-bond donors (Lipinski definition) is 2. The molecule has 118 valence electrons. The molecular formula is C15H18Br2N4O. The van der Waals surface area contributed by atoms with Crippen LogP contribution in [0.3, 0.4) is 0 Å². The highest BCUT2D eigenvalue weighted by atomic mass is 79.9. The monoisotopic (exact) mass is 428 g/mol. The molecule has 5 nitrogen and oxygen atoms in total. The van der Waals surface area contributed by atoms with Gasteiger partial charge in [-0.15, -0.1) is 0 Å². The van der Waals surface area contributed by atoms with Crippen molar-refractivity contribution in [3.63, 3.8) is 0 Å². The zero-order valence-electron chi connectivity index (χ0n) is 12.6. The Kier molecular flexibility index (Phi) is 6.96. The number of pyridine rings is 2. The molecule has 2 aromatic rings. The second-order valence-corrected chi connectivity index (χ2v) is 7.17. The van der Waals surface area contributed by atoms with Crippen molar-refractivity contribution in [1.82, 2.24) is 9.97 Å². The van der Waals surface area contributed by atoms with Gasteiger partial charge in [0.2, 0.25) is 5.91 Å². The second-order valence-electron chi connectivity index (χ2n) is 5.46. The van der Waals surface area contributed by atoms with E-state index in [0.29, 0.717) is 0 Å². The third kappa shape index (κ3) is 6.11. The minimum absolute atomic E-state index is 0.00981. The minimum atomic E-state index is -0.386. The third-order valence-electron chi connectivity index (χ3n) is 2.51. The number of carbonyl (C=O) groups excluding carboxylic acids is 1. The molecule has 0 unspecified atom stereocenters. The molecule has 0 aliphatic heterocycles. The predicted octanol–water partition coefficient (Wildman–Crippen LogP) is 4.26. The lowest BCUT2D eigenvalue weighted by atomic mass is 9.95. The zero-order valence-corrected chi connectivity index (χ0v) is 15.8. The number of anilines is 2. The third-order valence-corrected chi connectivity index (χ3v) is 3.80. The number of nitrogen functional groups attached to an aromatic ring is 1. The number of nitrogens with one attached hydrogen (secondary N) is 1. The number of hydrogen-bond acceptors (Lipinski definition) is 4. The molecule has 7 heteroatoms. The molecule has 22 heavy (non-hydrogen) atoms. The fourth-order valence-electron chi connectivity index (χ4n) is 1.17. The fourth-order valence-corrected chi connectivity index (χ4v) is 1.77. The standard InChI is InChI=1S/C10H13BrN2O.C5H5BrN2/c1-10(2,3)9(14)13-8-4-5-12-6-7(8)11;6-4-3-8-2-1-5(4)7/h4-6H,1-3H3,(H,12,13,14);1-3H,(H2,7,8). The van der Waals surface area contributed by atoms with Crippen LogP contribution in [0.25, 0.3) is 0 Å². The lowest BCUT2D eigenvalue weighted by Gasteiger charge is -2.18. The van der Waals surface area contributed by atoms with Gasteiger partial charge in [0.1, 0.15) is 0 Å². The van der Waals surface area contributed by atoms with E-state index in [9.17, 15) is 4.79 Å². The lowest BCUT2D eigenvalue weighted by molar-refractivity contribution is -0.123. The van der Waals surface area contributed by atoms with Crippen LogP contribution >= 0.6 is 31.9 Å². The molecule has 0 radical (unpaired) electrons. The number of rotatable bonds is 1. The summed E-state index contributed by atoms with van der Waals surface area (Å²) in [7, 11) is 0. The first-order valence-corrected chi connectivity index (χ1v) is 8.06. The molecule has 3 N–H and O–H groups in total. The van der Waals surface area contributed by atoms with Gasteiger partial charge >= 0.3 is 0 Å². The summed E-state index contributed by atoms with van der Waals surface area (Å²) in [6.07, 6.45) is 6.61. The normalized spacial score (nSPS) is 10.4. The number of aromatic nitrogens is 2. The van der Waals surface area contributed by atoms with Crippen LogP contribution in [0.5, 0.6) is 0 Å². The molecule has 0 bridgehead atoms. The van der Waals surface area contributed by atoms with Gasteiger partial charge in [0.25, 0.3) is 0 Å². The minimum Gasteiger partial charge on any atom is -0.398 e. The average Bonchev–Trinajstić information content (AvgIpc) is 2.44. The van der Waals surface area contributed by atoms with Crippen molar-refractivity contribution in [1.29, 1.82) is 0 Å². The van der Waals surface area contributed by atoms with E-state index in [1.165, 1.54) is 0 Å². The number of carbonyl (C=O) groups is 1. The van der Waals surface area contributed by atoms with Gasteiger partial charge in [-0.3, -0.25) is 14.8 Å². The van der Waals surface area contributed by atoms with Gasteiger partial charge in [0.05, 0.1) is 14.6 Å². The predicted molar refractivity (Wildman–Crippen MR) is 96.4 cm³/mol. The zero-order chi connectivity index (χ0) is 16.8. The molecule has 0 saturated carbocycles. The van der Waals surface area contributed by atoms with Gasteiger partial charge in [-0.05, 0) is 44.0 Å². The van der Waals surface area contributed by atoms with Crippen LogP contribution in [0.4, 0.5) is 11.4 Å². The molecule has 0 fully saturated rings. The first-order chi connectivity index (χ1) is 10.2. The lowest BCUT2D eigenvalue weighted by Crippen LogP contribution is -2.27. The molecule has 2 heterocycles. The summed E-state index contributed by atoms with van der Waals surface area (Å²) in [5.74, 6) is -0.00981. The van der Waals surface area contributed by atoms with E-state index in [0.717, 1.165) is 20.3 Å². The molecule has 0 spiro atoms. The molecule has 0 saturated heterocycles. The van der Waals surface area contributed by atoms with E-state index in [1.807, 2.05) is 20.8 Å². The summed E-state index contributed by atoms with van der Waals surface area (Å²) < 4.78 is 1.64. The van der Waals surface area contributed by atoms with Crippen molar-refractivity contribution in [3.05, 3.63) is 45.9 Å². The van der Waals surface area contributed by atoms with Crippen molar-refractivity contribution in [2.45, 2.75) is 20.8 Å². The quantitative estimate of drug-likeness (QED) is 0.709. The van der Waals surface area contributed by atoms with Gasteiger partial charge in [0.15, 0.2) is 0 Å². The Morgan fingerprint density at radius 1 is 1.09 bits per heavy atom. The Hall–Kier alpha value is -1.47. The highest BCUT2D eigenvalue weighted by molar-refractivity contribution is 9.11. The van der Waals surface area contributed by atoms with Gasteiger partial charge in [-0.2, -0.15) is 0 Å². The first kappa shape index (κ1) is 18.6. The summed E-state index contributed by atoms with van der Waals surface area (Å²) in [4.78, 5) is 19.4. The van der Waals surface area contributed by atoms with Crippen LogP contribution < -0.4 is 11.1 Å². The maximum Gasteiger partial charge on any atom is 0.229 e. The van der Waals surface area contributed by atoms with E-state index in [4.69, 9.17) is 5.73 Å². The number of halogens is 2. The molecule has 0 aliphatic rings. The van der Waals surface area contributed by atoms with Crippen molar-refractivity contribution in [2.75, 3.05) is 11.1 Å². The van der Waals surface area contributed by atoms with Crippen LogP contribution in [0.2, 0.25) is 0 Å². The van der Waals surface area contributed by atoms with Crippen LogP contribution in [0.15, 0.2) is 45.9 Å². The summed E-state index contributed by atoms with van der Waals surface area (Å²) in [6.45, 7) is 5.62. The van der Waals surface area contributed by atoms with E-state index in [1.54, 1.807) is 36.9 Å². The Labute approximate surface area is 147 Å². The first-order valence-electron chi connectivity index (χ1n) is 6.47. The molecule has 0 aromatic carbocycles. The molecule has 2 aromatic heterocycles. The van der Waals surface area contributed by atoms with Gasteiger partial charge in [-0.1, -0.05) is 20.8 Å². The van der Waals surface area contributed by atoms with Crippen LogP contribution in [0, 0.1) is 5.41 Å². The highest BCUT2D eigenvalue weighted by Gasteiger charge is 2.21. The Balaban J connectivity index is 0.000000255. The van der Waals surface area contributed by atoms with E-state index in [-0.39, 0.29) is 11.3 Å². The summed E-state index contributed by atoms with van der Waals surface area (Å²) in [5.41, 5.74) is 6.52. The van der Waals surface area contributed by atoms with Gasteiger partial charge in [0, 0.05) is 35.9 Å². The maximum absolute atomic E-state index is 11.6. The number of nitrogens with two attached hydrogens (primary N) is 1. The van der Waals surface area contributed by atoms with Crippen LogP contribution in [-0.4, -0.2) is 15.9 Å². The summed E-state index contributed by atoms with van der Waals surface area (Å²) >= 11 is 6.52. The van der Waals surface area contributed by atoms with Crippen molar-refractivity contribution >= 4 is 49.1 Å². The molecule has 1 amide bonds. The number of amides is 1. The van der Waals surface area contributed by atoms with Crippen LogP contribution in [-0.2, 0) is 4.79 Å². The van der Waals surface area contributed by atoms with Crippen molar-refractivity contribution in [3.8, 4) is 0 Å². The smallest absolute Gasteiger partial charge is 0.229 e. The Morgan fingerprint density at radius 2 is 1.64 bits per heavy atom. The fraction of sp³-hybridized carbons (Fsp3) is 0.267. The second kappa shape index (κ2) is 8.24. The summed E-state index contributed by atoms with van der Waals surface area (Å²) in [5, 5.41) is 2.82. The Bertz CT molecular complexity index is 620. The van der Waals surface area contributed by atoms with Crippen molar-refractivity contribution < 1.29 is 4.79 Å². The van der Waals surface area contributed by atoms with E-state index >= 15 is 0 Å². The maximum atomic E-state index is 11.6. The van der Waals surface area contributed by atoms with Gasteiger partial charge < -0.3 is 11.1 Å². The van der Waals surface area contributed by atoms with Crippen molar-refractivity contribution in [2.24, 2.45) is 5.41 Å². The topological polar surface area (TPSA) is 80.9 Å². The SMILES string of the molecule is CC(C)(C)C(=O)Nc1ccncc1Br.Nc1ccncc1Br. The van der Waals surface area contributed by atoms with E-state index in [2.05, 4.69) is 47.1 Å². The van der Waals surface area contributed by atoms with E-state index < -0.39 is 0 Å². The molecule has 0 aliphatic carbocycles. The highest BCUT2D eigenvalue weighted by Crippen LogP contribution is 2.23. The largest absolute Gasteiger partial charge is 0.398 e. The Morgan fingerprint density at radius 3 is 2.05 bits per heavy atom. The molecular weight excluding hydrogens is 412 g/mol. The molecule has 0 atom stereocenters.